The summed E-state index contributed by atoms with van der Waals surface area (Å²) in [6, 6.07) is 11.3. The summed E-state index contributed by atoms with van der Waals surface area (Å²) in [7, 11) is 0. The fraction of sp³-hybridized carbons (Fsp3) is 0.379. The summed E-state index contributed by atoms with van der Waals surface area (Å²) in [5.74, 6) is -1.85. The largest absolute Gasteiger partial charge is 0.395 e. The number of aromatic nitrogens is 4. The molecule has 1 fully saturated rings. The number of hydrogen-bond acceptors (Lipinski definition) is 6. The van der Waals surface area contributed by atoms with E-state index in [1.54, 1.807) is 22.9 Å². The van der Waals surface area contributed by atoms with Gasteiger partial charge in [-0.15, -0.1) is 0 Å². The second-order valence-electron chi connectivity index (χ2n) is 10.2. The maximum atomic E-state index is 13.8. The molecule has 1 saturated heterocycles. The number of rotatable bonds is 7. The van der Waals surface area contributed by atoms with Crippen molar-refractivity contribution in [3.8, 4) is 5.82 Å². The molecule has 1 amide bonds. The number of allylic oxidation sites excluding steroid dienone is 4. The van der Waals surface area contributed by atoms with Gasteiger partial charge in [0.1, 0.15) is 17.3 Å². The molecule has 5 rings (SSSR count). The van der Waals surface area contributed by atoms with Crippen molar-refractivity contribution < 1.29 is 18.0 Å². The van der Waals surface area contributed by atoms with Gasteiger partial charge in [-0.2, -0.15) is 18.2 Å². The maximum absolute atomic E-state index is 13.8. The highest BCUT2D eigenvalue weighted by atomic mass is 19.4. The van der Waals surface area contributed by atoms with Gasteiger partial charge in [0.2, 0.25) is 5.95 Å². The van der Waals surface area contributed by atoms with E-state index in [0.29, 0.717) is 11.8 Å². The highest BCUT2D eigenvalue weighted by Gasteiger charge is 2.42. The van der Waals surface area contributed by atoms with Crippen LogP contribution in [0.15, 0.2) is 67.0 Å². The number of carbonyl (C=O) groups excluding carboxylic acids is 1. The average Bonchev–Trinajstić information content (AvgIpc) is 3.40. The van der Waals surface area contributed by atoms with E-state index < -0.39 is 18.0 Å². The van der Waals surface area contributed by atoms with Crippen LogP contribution in [0.5, 0.6) is 0 Å². The molecule has 0 saturated carbocycles. The van der Waals surface area contributed by atoms with Crippen LogP contribution in [-0.2, 0) is 0 Å². The van der Waals surface area contributed by atoms with Gasteiger partial charge in [0.05, 0.1) is 12.0 Å². The van der Waals surface area contributed by atoms with Crippen molar-refractivity contribution in [3.05, 3.63) is 84.1 Å². The van der Waals surface area contributed by atoms with Crippen molar-refractivity contribution >= 4 is 17.4 Å². The number of nitrogens with one attached hydrogen (secondary N) is 3. The van der Waals surface area contributed by atoms with E-state index in [9.17, 15) is 18.0 Å². The number of hydrogen-bond donors (Lipinski definition) is 3. The molecule has 1 aliphatic heterocycles. The Morgan fingerprint density at radius 3 is 2.60 bits per heavy atom. The number of alkyl halides is 3. The van der Waals surface area contributed by atoms with E-state index in [1.807, 2.05) is 37.3 Å². The van der Waals surface area contributed by atoms with Crippen molar-refractivity contribution in [1.29, 1.82) is 0 Å². The molecule has 3 aromatic rings. The number of anilines is 1. The van der Waals surface area contributed by atoms with Gasteiger partial charge in [0.25, 0.3) is 5.91 Å². The third kappa shape index (κ3) is 6.25. The van der Waals surface area contributed by atoms with Crippen LogP contribution in [0.4, 0.5) is 19.1 Å². The Kier molecular flexibility index (Phi) is 8.02. The number of piperidine rings is 1. The number of halogens is 3. The van der Waals surface area contributed by atoms with E-state index in [0.717, 1.165) is 31.5 Å². The average molecular weight is 552 g/mol. The minimum absolute atomic E-state index is 0.000860. The number of benzene rings is 1. The topological polar surface area (TPSA) is 96.8 Å². The lowest BCUT2D eigenvalue weighted by Gasteiger charge is -2.25. The molecule has 2 unspecified atom stereocenters. The van der Waals surface area contributed by atoms with Crippen LogP contribution in [0.1, 0.15) is 54.6 Å². The van der Waals surface area contributed by atoms with Crippen LogP contribution < -0.4 is 16.0 Å². The van der Waals surface area contributed by atoms with E-state index >= 15 is 0 Å². The predicted octanol–water partition coefficient (Wildman–Crippen LogP) is 5.09. The Labute approximate surface area is 230 Å². The van der Waals surface area contributed by atoms with Gasteiger partial charge in [-0.1, -0.05) is 55.5 Å². The van der Waals surface area contributed by atoms with Gasteiger partial charge in [-0.25, -0.2) is 9.97 Å². The molecule has 3 atom stereocenters. The quantitative estimate of drug-likeness (QED) is 0.379. The highest BCUT2D eigenvalue weighted by Crippen LogP contribution is 2.39. The zero-order valence-corrected chi connectivity index (χ0v) is 22.3. The van der Waals surface area contributed by atoms with Gasteiger partial charge in [0.15, 0.2) is 0 Å². The Balaban J connectivity index is 1.50. The zero-order valence-electron chi connectivity index (χ0n) is 22.3. The van der Waals surface area contributed by atoms with Crippen molar-refractivity contribution in [2.24, 2.45) is 11.8 Å². The summed E-state index contributed by atoms with van der Waals surface area (Å²) in [6.07, 6.45) is 4.57. The van der Waals surface area contributed by atoms with Crippen molar-refractivity contribution in [2.45, 2.75) is 44.9 Å². The Hall–Kier alpha value is -3.99. The van der Waals surface area contributed by atoms with Gasteiger partial charge in [-0.05, 0) is 50.4 Å². The monoisotopic (exact) mass is 551 g/mol. The molecule has 3 heterocycles. The minimum atomic E-state index is -4.42. The Morgan fingerprint density at radius 1 is 1.12 bits per heavy atom. The highest BCUT2D eigenvalue weighted by molar-refractivity contribution is 5.93. The first-order chi connectivity index (χ1) is 19.2. The molecule has 2 aromatic heterocycles. The molecular weight excluding hydrogens is 519 g/mol. The molecule has 8 nitrogen and oxygen atoms in total. The number of carbonyl (C=O) groups is 1. The van der Waals surface area contributed by atoms with Crippen LogP contribution in [0, 0.1) is 11.8 Å². The molecule has 2 aliphatic rings. The predicted molar refractivity (Wildman–Crippen MR) is 147 cm³/mol. The Morgan fingerprint density at radius 2 is 1.88 bits per heavy atom. The molecule has 11 heteroatoms. The van der Waals surface area contributed by atoms with Crippen molar-refractivity contribution in [3.63, 3.8) is 0 Å². The summed E-state index contributed by atoms with van der Waals surface area (Å²) in [4.78, 5) is 26.6. The summed E-state index contributed by atoms with van der Waals surface area (Å²) >= 11 is 0. The first-order valence-electron chi connectivity index (χ1n) is 13.4. The lowest BCUT2D eigenvalue weighted by molar-refractivity contribution is -0.168. The minimum Gasteiger partial charge on any atom is -0.348 e. The third-order valence-electron chi connectivity index (χ3n) is 7.29. The summed E-state index contributed by atoms with van der Waals surface area (Å²) in [5.41, 5.74) is 1.42. The second kappa shape index (κ2) is 11.6. The maximum Gasteiger partial charge on any atom is 0.395 e. The van der Waals surface area contributed by atoms with Crippen molar-refractivity contribution in [1.82, 2.24) is 30.2 Å². The summed E-state index contributed by atoms with van der Waals surface area (Å²) in [5, 5.41) is 9.53. The molecule has 0 bridgehead atoms. The number of imidazole rings is 1. The SMILES string of the molecule is CC1C=CC(c2nc(C(=O)NC3CCNCC3)cn2-c2ccnc(N[C@@H](C)c3ccccc3)n2)=CC1C(F)(F)F. The van der Waals surface area contributed by atoms with Crippen LogP contribution in [0.2, 0.25) is 0 Å². The fourth-order valence-corrected chi connectivity index (χ4v) is 4.98. The molecular formula is C29H32F3N7O. The standard InChI is InChI=1S/C29H32F3N7O/c1-18-8-9-21(16-23(18)29(30,31)32)26-37-24(27(40)36-22-10-13-33-14-11-22)17-39(26)25-12-15-34-28(38-25)35-19(2)20-6-4-3-5-7-20/h3-9,12,15-19,22-23,33H,10-11,13-14H2,1-2H3,(H,36,40)(H,34,35,38)/t18?,19-,23?/m0/s1. The van der Waals surface area contributed by atoms with Crippen LogP contribution in [-0.4, -0.2) is 50.7 Å². The second-order valence-corrected chi connectivity index (χ2v) is 10.2. The number of amides is 1. The van der Waals surface area contributed by atoms with E-state index in [4.69, 9.17) is 0 Å². The molecule has 40 heavy (non-hydrogen) atoms. The fourth-order valence-electron chi connectivity index (χ4n) is 4.98. The van der Waals surface area contributed by atoms with E-state index in [-0.39, 0.29) is 35.1 Å². The van der Waals surface area contributed by atoms with Gasteiger partial charge in [0, 0.05) is 24.0 Å². The van der Waals surface area contributed by atoms with E-state index in [2.05, 4.69) is 30.9 Å². The lowest BCUT2D eigenvalue weighted by Crippen LogP contribution is -2.42. The molecule has 0 radical (unpaired) electrons. The van der Waals surface area contributed by atoms with Crippen molar-refractivity contribution in [2.75, 3.05) is 18.4 Å². The summed E-state index contributed by atoms with van der Waals surface area (Å²) in [6.45, 7) is 5.12. The molecule has 0 spiro atoms. The van der Waals surface area contributed by atoms with Crippen LogP contribution >= 0.6 is 0 Å². The number of nitrogens with zero attached hydrogens (tertiary/aromatic N) is 4. The first-order valence-corrected chi connectivity index (χ1v) is 13.4. The molecule has 1 aromatic carbocycles. The Bertz CT molecular complexity index is 1390. The molecule has 1 aliphatic carbocycles. The van der Waals surface area contributed by atoms with Gasteiger partial charge < -0.3 is 16.0 Å². The van der Waals surface area contributed by atoms with Crippen LogP contribution in [0.25, 0.3) is 11.4 Å². The van der Waals surface area contributed by atoms with E-state index in [1.165, 1.54) is 25.3 Å². The smallest absolute Gasteiger partial charge is 0.348 e. The van der Waals surface area contributed by atoms with Gasteiger partial charge in [-0.3, -0.25) is 9.36 Å². The summed E-state index contributed by atoms with van der Waals surface area (Å²) < 4.78 is 43.0. The van der Waals surface area contributed by atoms with Crippen LogP contribution in [0.3, 0.4) is 0 Å². The molecule has 210 valence electrons. The zero-order chi connectivity index (χ0) is 28.3. The normalized spacial score (nSPS) is 20.6. The lowest BCUT2D eigenvalue weighted by atomic mass is 9.86. The third-order valence-corrected chi connectivity index (χ3v) is 7.29. The first kappa shape index (κ1) is 27.6. The molecule has 3 N–H and O–H groups in total. The van der Waals surface area contributed by atoms with Gasteiger partial charge >= 0.3 is 6.18 Å².